The summed E-state index contributed by atoms with van der Waals surface area (Å²) in [6, 6.07) is 7.64. The van der Waals surface area contributed by atoms with Gasteiger partial charge in [0.05, 0.1) is 13.2 Å². The zero-order chi connectivity index (χ0) is 16.9. The molecule has 144 valence electrons. The third-order valence-electron chi connectivity index (χ3n) is 4.05. The van der Waals surface area contributed by atoms with Gasteiger partial charge in [0, 0.05) is 37.1 Å². The molecule has 0 radical (unpaired) electrons. The third kappa shape index (κ3) is 5.71. The van der Waals surface area contributed by atoms with E-state index in [0.717, 1.165) is 23.6 Å². The number of aromatic nitrogens is 2. The van der Waals surface area contributed by atoms with Crippen LogP contribution in [0.15, 0.2) is 36.7 Å². The number of amides is 1. The van der Waals surface area contributed by atoms with Crippen molar-refractivity contribution in [2.75, 3.05) is 25.1 Å². The van der Waals surface area contributed by atoms with Gasteiger partial charge in [-0.15, -0.1) is 24.8 Å². The van der Waals surface area contributed by atoms with Crippen molar-refractivity contribution in [3.8, 4) is 0 Å². The number of hydrogen-bond acceptors (Lipinski definition) is 4. The van der Waals surface area contributed by atoms with E-state index in [0.29, 0.717) is 25.7 Å². The van der Waals surface area contributed by atoms with Gasteiger partial charge in [-0.05, 0) is 17.7 Å². The van der Waals surface area contributed by atoms with Crippen molar-refractivity contribution in [2.45, 2.75) is 32.4 Å². The number of rotatable bonds is 5. The fourth-order valence-electron chi connectivity index (χ4n) is 2.86. The molecule has 3 rings (SSSR count). The Morgan fingerprint density at radius 2 is 2.23 bits per heavy atom. The molecule has 1 aromatic heterocycles. The molecule has 0 saturated carbocycles. The summed E-state index contributed by atoms with van der Waals surface area (Å²) >= 11 is 0. The maximum Gasteiger partial charge on any atom is 0.243 e. The van der Waals surface area contributed by atoms with E-state index < -0.39 is 0 Å². The first-order valence-electron chi connectivity index (χ1n) is 8.35. The van der Waals surface area contributed by atoms with Gasteiger partial charge in [0.1, 0.15) is 11.9 Å². The van der Waals surface area contributed by atoms with Gasteiger partial charge in [-0.25, -0.2) is 4.98 Å². The van der Waals surface area contributed by atoms with Gasteiger partial charge in [0.25, 0.3) is 0 Å². The number of ether oxygens (including phenoxy) is 1. The maximum atomic E-state index is 12.3. The number of nitrogens with one attached hydrogen (secondary N) is 2. The molecule has 0 spiro atoms. The topological polar surface area (TPSA) is 68.2 Å². The lowest BCUT2D eigenvalue weighted by Gasteiger charge is -2.23. The van der Waals surface area contributed by atoms with Gasteiger partial charge in [-0.1, -0.05) is 26.0 Å². The molecule has 2 N–H and O–H groups in total. The van der Waals surface area contributed by atoms with Crippen LogP contribution in [0.3, 0.4) is 0 Å². The maximum absolute atomic E-state index is 12.3. The largest absolute Gasteiger partial charge is 0.378 e. The van der Waals surface area contributed by atoms with Crippen molar-refractivity contribution in [2.24, 2.45) is 0 Å². The molecule has 8 heteroatoms. The minimum absolute atomic E-state index is 0. The molecule has 1 amide bonds. The quantitative estimate of drug-likeness (QED) is 0.809. The highest BCUT2D eigenvalue weighted by molar-refractivity contribution is 5.95. The number of benzene rings is 1. The Balaban J connectivity index is 0.00000169. The van der Waals surface area contributed by atoms with Crippen LogP contribution < -0.4 is 10.6 Å². The van der Waals surface area contributed by atoms with Gasteiger partial charge in [-0.3, -0.25) is 4.79 Å². The second kappa shape index (κ2) is 10.5. The monoisotopic (exact) mass is 400 g/mol. The van der Waals surface area contributed by atoms with Gasteiger partial charge in [0.15, 0.2) is 0 Å². The number of morpholine rings is 1. The molecule has 26 heavy (non-hydrogen) atoms. The Bertz CT molecular complexity index is 700. The van der Waals surface area contributed by atoms with Crippen LogP contribution in [0.2, 0.25) is 0 Å². The van der Waals surface area contributed by atoms with Crippen LogP contribution in [0.25, 0.3) is 0 Å². The number of hydrogen-bond donors (Lipinski definition) is 2. The minimum Gasteiger partial charge on any atom is -0.378 e. The number of carbonyl (C=O) groups excluding carboxylic acids is 1. The fourth-order valence-corrected chi connectivity index (χ4v) is 2.86. The molecule has 1 atom stereocenters. The van der Waals surface area contributed by atoms with Gasteiger partial charge in [0.2, 0.25) is 5.91 Å². The van der Waals surface area contributed by atoms with E-state index in [1.165, 1.54) is 0 Å². The summed E-state index contributed by atoms with van der Waals surface area (Å²) in [4.78, 5) is 16.7. The molecule has 2 aromatic rings. The molecular weight excluding hydrogens is 375 g/mol. The van der Waals surface area contributed by atoms with Crippen LogP contribution in [-0.4, -0.2) is 41.3 Å². The highest BCUT2D eigenvalue weighted by atomic mass is 35.5. The molecule has 1 aliphatic heterocycles. The van der Waals surface area contributed by atoms with E-state index in [-0.39, 0.29) is 36.8 Å². The summed E-state index contributed by atoms with van der Waals surface area (Å²) in [7, 11) is 0. The average molecular weight is 401 g/mol. The Morgan fingerprint density at radius 1 is 1.42 bits per heavy atom. The van der Waals surface area contributed by atoms with E-state index in [4.69, 9.17) is 4.74 Å². The molecule has 1 saturated heterocycles. The van der Waals surface area contributed by atoms with Crippen LogP contribution in [-0.2, 0) is 16.1 Å². The zero-order valence-electron chi connectivity index (χ0n) is 15.0. The third-order valence-corrected chi connectivity index (χ3v) is 4.05. The Labute approximate surface area is 166 Å². The normalized spacial score (nSPS) is 16.5. The second-order valence-electron chi connectivity index (χ2n) is 6.34. The minimum atomic E-state index is -0.288. The van der Waals surface area contributed by atoms with Gasteiger partial charge in [-0.2, -0.15) is 0 Å². The van der Waals surface area contributed by atoms with Crippen molar-refractivity contribution < 1.29 is 9.53 Å². The standard InChI is InChI=1S/C18H24N4O2.2ClH/c1-13(2)17-20-6-8-22(17)11-14-4-3-5-15(10-14)21-18(23)16-12-24-9-7-19-16;;/h3-6,8,10,13,16,19H,7,9,11-12H2,1-2H3,(H,21,23);2*1H. The molecule has 1 aromatic carbocycles. The number of imidazole rings is 1. The summed E-state index contributed by atoms with van der Waals surface area (Å²) in [5.41, 5.74) is 1.93. The van der Waals surface area contributed by atoms with Gasteiger partial charge < -0.3 is 19.9 Å². The van der Waals surface area contributed by atoms with Crippen LogP contribution in [0.1, 0.15) is 31.2 Å². The summed E-state index contributed by atoms with van der Waals surface area (Å²) in [5, 5.41) is 6.12. The predicted octanol–water partition coefficient (Wildman–Crippen LogP) is 2.83. The first-order chi connectivity index (χ1) is 11.6. The van der Waals surface area contributed by atoms with E-state index in [1.54, 1.807) is 0 Å². The molecule has 0 aliphatic carbocycles. The lowest BCUT2D eigenvalue weighted by Crippen LogP contribution is -2.48. The molecule has 2 heterocycles. The first kappa shape index (κ1) is 22.4. The van der Waals surface area contributed by atoms with E-state index in [9.17, 15) is 4.79 Å². The fraction of sp³-hybridized carbons (Fsp3) is 0.444. The van der Waals surface area contributed by atoms with Crippen molar-refractivity contribution in [3.05, 3.63) is 48.0 Å². The summed E-state index contributed by atoms with van der Waals surface area (Å²) < 4.78 is 7.48. The van der Waals surface area contributed by atoms with Crippen LogP contribution in [0.4, 0.5) is 5.69 Å². The van der Waals surface area contributed by atoms with Crippen molar-refractivity contribution in [1.29, 1.82) is 0 Å². The molecule has 1 unspecified atom stereocenters. The van der Waals surface area contributed by atoms with Crippen molar-refractivity contribution in [1.82, 2.24) is 14.9 Å². The number of nitrogens with zero attached hydrogens (tertiary/aromatic N) is 2. The molecule has 1 aliphatic rings. The van der Waals surface area contributed by atoms with Crippen molar-refractivity contribution in [3.63, 3.8) is 0 Å². The zero-order valence-corrected chi connectivity index (χ0v) is 16.6. The molecule has 6 nitrogen and oxygen atoms in total. The highest BCUT2D eigenvalue weighted by Gasteiger charge is 2.21. The van der Waals surface area contributed by atoms with Crippen molar-refractivity contribution >= 4 is 36.4 Å². The van der Waals surface area contributed by atoms with E-state index in [2.05, 4.69) is 40.1 Å². The van der Waals surface area contributed by atoms with E-state index in [1.807, 2.05) is 30.6 Å². The SMILES string of the molecule is CC(C)c1nccn1Cc1cccc(NC(=O)C2COCCN2)c1.Cl.Cl. The Hall–Kier alpha value is -1.60. The molecule has 0 bridgehead atoms. The highest BCUT2D eigenvalue weighted by Crippen LogP contribution is 2.16. The summed E-state index contributed by atoms with van der Waals surface area (Å²) in [5.74, 6) is 1.38. The smallest absolute Gasteiger partial charge is 0.243 e. The lowest BCUT2D eigenvalue weighted by molar-refractivity contribution is -0.120. The lowest BCUT2D eigenvalue weighted by atomic mass is 10.1. The van der Waals surface area contributed by atoms with Crippen LogP contribution in [0.5, 0.6) is 0 Å². The first-order valence-corrected chi connectivity index (χ1v) is 8.35. The summed E-state index contributed by atoms with van der Waals surface area (Å²) in [6.45, 7) is 6.78. The summed E-state index contributed by atoms with van der Waals surface area (Å²) in [6.07, 6.45) is 3.82. The average Bonchev–Trinajstić information content (AvgIpc) is 3.04. The number of halogens is 2. The predicted molar refractivity (Wildman–Crippen MR) is 108 cm³/mol. The molecule has 1 fully saturated rings. The second-order valence-corrected chi connectivity index (χ2v) is 6.34. The Kier molecular flexibility index (Phi) is 9.08. The molecular formula is C18H26Cl2N4O2. The van der Waals surface area contributed by atoms with Crippen LogP contribution in [0, 0.1) is 0 Å². The number of anilines is 1. The number of carbonyl (C=O) groups is 1. The van der Waals surface area contributed by atoms with Gasteiger partial charge >= 0.3 is 0 Å². The Morgan fingerprint density at radius 3 is 2.92 bits per heavy atom. The van der Waals surface area contributed by atoms with E-state index >= 15 is 0 Å². The van der Waals surface area contributed by atoms with Crippen LogP contribution >= 0.6 is 24.8 Å².